The van der Waals surface area contributed by atoms with Crippen molar-refractivity contribution in [2.45, 2.75) is 44.1 Å². The second kappa shape index (κ2) is 12.1. The van der Waals surface area contributed by atoms with Crippen LogP contribution in [0.2, 0.25) is 0 Å². The van der Waals surface area contributed by atoms with E-state index in [4.69, 9.17) is 14.2 Å². The highest BCUT2D eigenvalue weighted by atomic mass is 16.6. The van der Waals surface area contributed by atoms with Crippen molar-refractivity contribution >= 4 is 0 Å². The number of hydrogen-bond acceptors (Lipinski definition) is 5. The Morgan fingerprint density at radius 1 is 0.639 bits per heavy atom. The van der Waals surface area contributed by atoms with Crippen molar-refractivity contribution < 1.29 is 19.4 Å². The minimum absolute atomic E-state index is 0.299. The van der Waals surface area contributed by atoms with Gasteiger partial charge in [-0.2, -0.15) is 5.06 Å². The van der Waals surface area contributed by atoms with Gasteiger partial charge in [-0.25, -0.2) is 0 Å². The number of benzene rings is 3. The van der Waals surface area contributed by atoms with Gasteiger partial charge in [0.2, 0.25) is 0 Å². The molecule has 3 aromatic carbocycles. The number of hydroxylamine groups is 2. The summed E-state index contributed by atoms with van der Waals surface area (Å²) in [5.41, 5.74) is 4.09. The summed E-state index contributed by atoms with van der Waals surface area (Å²) < 4.78 is 19.1. The summed E-state index contributed by atoms with van der Waals surface area (Å²) in [6.45, 7) is 1.59. The van der Waals surface area contributed by atoms with Crippen LogP contribution in [0.25, 0.3) is 0 Å². The lowest BCUT2D eigenvalue weighted by molar-refractivity contribution is -0.167. The van der Waals surface area contributed by atoms with Crippen LogP contribution < -0.4 is 0 Å². The number of aromatic amines is 1. The molecule has 0 radical (unpaired) electrons. The number of H-pyrrole nitrogens is 1. The van der Waals surface area contributed by atoms with Crippen molar-refractivity contribution in [2.24, 2.45) is 0 Å². The largest absolute Gasteiger partial charge is 0.375 e. The van der Waals surface area contributed by atoms with Crippen LogP contribution in [0.5, 0.6) is 0 Å². The third-order valence-corrected chi connectivity index (χ3v) is 6.55. The molecule has 0 amide bonds. The first-order valence-electron chi connectivity index (χ1n) is 12.3. The summed E-state index contributed by atoms with van der Waals surface area (Å²) in [4.78, 5) is 3.26. The first-order valence-corrected chi connectivity index (χ1v) is 12.3. The van der Waals surface area contributed by atoms with Crippen molar-refractivity contribution in [1.29, 1.82) is 0 Å². The highest BCUT2D eigenvalue weighted by Crippen LogP contribution is 2.39. The first-order chi connectivity index (χ1) is 17.8. The Labute approximate surface area is 212 Å². The summed E-state index contributed by atoms with van der Waals surface area (Å²) >= 11 is 0. The van der Waals surface area contributed by atoms with Crippen LogP contribution in [0, 0.1) is 0 Å². The fraction of sp³-hybridized carbons (Fsp3) is 0.267. The average molecular weight is 485 g/mol. The Bertz CT molecular complexity index is 1160. The zero-order valence-electron chi connectivity index (χ0n) is 20.1. The standard InChI is InChI=1S/C30H32N2O4/c33-32-27(22-34-19-23-11-4-1-5-12-23)29(35-20-24-13-6-2-7-14-24)30(28(32)26-17-10-18-31-26)36-21-25-15-8-3-9-16-25/h1-18,27-31,33H,19-22H2/t27-,28-,29-,30-/m0/s1. The smallest absolute Gasteiger partial charge is 0.109 e. The molecule has 1 saturated heterocycles. The van der Waals surface area contributed by atoms with Crippen LogP contribution in [-0.4, -0.2) is 40.1 Å². The molecular formula is C30H32N2O4. The predicted molar refractivity (Wildman–Crippen MR) is 137 cm³/mol. The van der Waals surface area contributed by atoms with E-state index in [1.807, 2.05) is 109 Å². The molecule has 0 spiro atoms. The monoisotopic (exact) mass is 484 g/mol. The van der Waals surface area contributed by atoms with Gasteiger partial charge in [-0.05, 0) is 28.8 Å². The third kappa shape index (κ3) is 5.93. The third-order valence-electron chi connectivity index (χ3n) is 6.55. The molecule has 6 nitrogen and oxygen atoms in total. The van der Waals surface area contributed by atoms with E-state index in [2.05, 4.69) is 4.98 Å². The van der Waals surface area contributed by atoms with Gasteiger partial charge in [-0.1, -0.05) is 91.0 Å². The summed E-state index contributed by atoms with van der Waals surface area (Å²) in [5, 5.41) is 12.8. The summed E-state index contributed by atoms with van der Waals surface area (Å²) in [5.74, 6) is 0. The maximum absolute atomic E-state index is 11.4. The molecule has 0 unspecified atom stereocenters. The lowest BCUT2D eigenvalue weighted by Crippen LogP contribution is -2.40. The van der Waals surface area contributed by atoms with Gasteiger partial charge in [-0.15, -0.1) is 0 Å². The Kier molecular flexibility index (Phi) is 8.23. The van der Waals surface area contributed by atoms with Crippen molar-refractivity contribution in [2.75, 3.05) is 6.61 Å². The Balaban J connectivity index is 1.38. The second-order valence-corrected chi connectivity index (χ2v) is 9.04. The molecule has 1 aliphatic heterocycles. The number of aromatic nitrogens is 1. The van der Waals surface area contributed by atoms with Crippen LogP contribution in [0.4, 0.5) is 0 Å². The Morgan fingerprint density at radius 2 is 1.17 bits per heavy atom. The van der Waals surface area contributed by atoms with Gasteiger partial charge in [0.1, 0.15) is 18.2 Å². The molecule has 1 fully saturated rings. The molecule has 5 rings (SSSR count). The van der Waals surface area contributed by atoms with Crippen LogP contribution >= 0.6 is 0 Å². The fourth-order valence-electron chi connectivity index (χ4n) is 4.72. The molecule has 36 heavy (non-hydrogen) atoms. The predicted octanol–water partition coefficient (Wildman–Crippen LogP) is 5.52. The quantitative estimate of drug-likeness (QED) is 0.294. The SMILES string of the molecule is ON1[C@@H](COCc2ccccc2)[C@H](OCc2ccccc2)[C@@H](OCc2ccccc2)[C@@H]1c1ccc[nH]1. The lowest BCUT2D eigenvalue weighted by Gasteiger charge is -2.26. The van der Waals surface area contributed by atoms with Crippen molar-refractivity contribution in [3.8, 4) is 0 Å². The van der Waals surface area contributed by atoms with Crippen molar-refractivity contribution in [3.63, 3.8) is 0 Å². The van der Waals surface area contributed by atoms with E-state index in [0.717, 1.165) is 22.4 Å². The normalized spacial score (nSPS) is 22.1. The minimum Gasteiger partial charge on any atom is -0.375 e. The summed E-state index contributed by atoms with van der Waals surface area (Å²) in [6.07, 6.45) is 1.03. The number of ether oxygens (including phenoxy) is 3. The van der Waals surface area contributed by atoms with E-state index in [0.29, 0.717) is 26.4 Å². The number of rotatable bonds is 11. The van der Waals surface area contributed by atoms with Gasteiger partial charge in [-0.3, -0.25) is 0 Å². The van der Waals surface area contributed by atoms with E-state index < -0.39 is 24.3 Å². The maximum Gasteiger partial charge on any atom is 0.109 e. The van der Waals surface area contributed by atoms with E-state index in [-0.39, 0.29) is 0 Å². The van der Waals surface area contributed by atoms with Crippen LogP contribution in [-0.2, 0) is 34.0 Å². The molecule has 0 bridgehead atoms. The summed E-state index contributed by atoms with van der Waals surface area (Å²) in [6, 6.07) is 33.2. The van der Waals surface area contributed by atoms with E-state index in [1.54, 1.807) is 0 Å². The first kappa shape index (κ1) is 24.4. The van der Waals surface area contributed by atoms with E-state index in [9.17, 15) is 5.21 Å². The second-order valence-electron chi connectivity index (χ2n) is 9.04. The van der Waals surface area contributed by atoms with Gasteiger partial charge in [0.25, 0.3) is 0 Å². The molecule has 186 valence electrons. The molecule has 4 atom stereocenters. The van der Waals surface area contributed by atoms with Gasteiger partial charge in [0.05, 0.1) is 32.5 Å². The van der Waals surface area contributed by atoms with Gasteiger partial charge >= 0.3 is 0 Å². The van der Waals surface area contributed by atoms with Crippen molar-refractivity contribution in [1.82, 2.24) is 10.0 Å². The number of nitrogens with one attached hydrogen (secondary N) is 1. The maximum atomic E-state index is 11.4. The van der Waals surface area contributed by atoms with Gasteiger partial charge in [0.15, 0.2) is 0 Å². The molecule has 0 aliphatic carbocycles. The fourth-order valence-corrected chi connectivity index (χ4v) is 4.72. The molecule has 2 heterocycles. The van der Waals surface area contributed by atoms with Gasteiger partial charge in [0, 0.05) is 11.9 Å². The minimum atomic E-state index is -0.421. The molecule has 1 aromatic heterocycles. The van der Waals surface area contributed by atoms with E-state index >= 15 is 0 Å². The molecule has 2 N–H and O–H groups in total. The highest BCUT2D eigenvalue weighted by Gasteiger charge is 2.51. The molecular weight excluding hydrogens is 452 g/mol. The Morgan fingerprint density at radius 3 is 1.69 bits per heavy atom. The molecule has 6 heteroatoms. The Hall–Kier alpha value is -3.26. The highest BCUT2D eigenvalue weighted by molar-refractivity contribution is 5.19. The average Bonchev–Trinajstić information content (AvgIpc) is 3.54. The number of nitrogens with zero attached hydrogens (tertiary/aromatic N) is 1. The van der Waals surface area contributed by atoms with Crippen molar-refractivity contribution in [3.05, 3.63) is 132 Å². The van der Waals surface area contributed by atoms with Crippen LogP contribution in [0.3, 0.4) is 0 Å². The zero-order valence-corrected chi connectivity index (χ0v) is 20.1. The zero-order chi connectivity index (χ0) is 24.6. The van der Waals surface area contributed by atoms with E-state index in [1.165, 1.54) is 5.06 Å². The lowest BCUT2D eigenvalue weighted by atomic mass is 10.0. The molecule has 1 aliphatic rings. The van der Waals surface area contributed by atoms with Crippen LogP contribution in [0.1, 0.15) is 28.4 Å². The van der Waals surface area contributed by atoms with Gasteiger partial charge < -0.3 is 24.4 Å². The molecule has 0 saturated carbocycles. The number of hydrogen-bond donors (Lipinski definition) is 2. The van der Waals surface area contributed by atoms with Crippen LogP contribution in [0.15, 0.2) is 109 Å². The topological polar surface area (TPSA) is 67.0 Å². The molecule has 4 aromatic rings. The summed E-state index contributed by atoms with van der Waals surface area (Å²) in [7, 11) is 0.